The molecule has 2 aromatic rings. The molecule has 2 amide bonds. The van der Waals surface area contributed by atoms with Crippen molar-refractivity contribution in [2.45, 2.75) is 6.10 Å². The van der Waals surface area contributed by atoms with E-state index in [1.807, 2.05) is 0 Å². The van der Waals surface area contributed by atoms with E-state index in [1.54, 1.807) is 24.3 Å². The molecule has 1 unspecified atom stereocenters. The Balaban J connectivity index is 1.42. The third kappa shape index (κ3) is 4.72. The number of halogens is 1. The molecule has 2 N–H and O–H groups in total. The van der Waals surface area contributed by atoms with Crippen molar-refractivity contribution in [2.75, 3.05) is 13.2 Å². The number of amides is 2. The molecular weight excluding hydrogens is 359 g/mol. The molecule has 0 aromatic heterocycles. The molecule has 0 bridgehead atoms. The summed E-state index contributed by atoms with van der Waals surface area (Å²) < 4.78 is 28.5. The zero-order chi connectivity index (χ0) is 19.2. The van der Waals surface area contributed by atoms with E-state index in [9.17, 15) is 18.8 Å². The lowest BCUT2D eigenvalue weighted by Crippen LogP contribution is -2.51. The van der Waals surface area contributed by atoms with Crippen molar-refractivity contribution in [3.05, 3.63) is 59.9 Å². The predicted octanol–water partition coefficient (Wildman–Crippen LogP) is 0.970. The summed E-state index contributed by atoms with van der Waals surface area (Å²) in [5.41, 5.74) is 4.37. The second kappa shape index (κ2) is 8.17. The maximum absolute atomic E-state index is 12.8. The van der Waals surface area contributed by atoms with Gasteiger partial charge in [-0.05, 0) is 36.4 Å². The normalized spacial score (nSPS) is 14.8. The summed E-state index contributed by atoms with van der Waals surface area (Å²) in [6.07, 6.45) is -0.943. The minimum Gasteiger partial charge on any atom is -0.485 e. The number of esters is 1. The Labute approximate surface area is 153 Å². The molecule has 9 heteroatoms. The van der Waals surface area contributed by atoms with Crippen LogP contribution in [0.5, 0.6) is 11.5 Å². The number of hydrogen-bond donors (Lipinski definition) is 2. The zero-order valence-electron chi connectivity index (χ0n) is 13.9. The lowest BCUT2D eigenvalue weighted by Gasteiger charge is -2.25. The van der Waals surface area contributed by atoms with E-state index >= 15 is 0 Å². The fourth-order valence-electron chi connectivity index (χ4n) is 2.20. The van der Waals surface area contributed by atoms with Gasteiger partial charge in [0, 0.05) is 0 Å². The van der Waals surface area contributed by atoms with Crippen molar-refractivity contribution in [1.82, 2.24) is 10.9 Å². The number of carbonyl (C=O) groups is 3. The Bertz CT molecular complexity index is 855. The highest BCUT2D eigenvalue weighted by Crippen LogP contribution is 2.30. The lowest BCUT2D eigenvalue weighted by molar-refractivity contribution is -0.135. The van der Waals surface area contributed by atoms with Crippen LogP contribution in [-0.2, 0) is 14.3 Å². The number of fused-ring (bicyclic) bond motifs is 1. The quantitative estimate of drug-likeness (QED) is 0.611. The average molecular weight is 374 g/mol. The highest BCUT2D eigenvalue weighted by molar-refractivity contribution is 5.91. The Hall–Kier alpha value is -3.62. The topological polar surface area (TPSA) is 103 Å². The molecule has 140 valence electrons. The van der Waals surface area contributed by atoms with E-state index in [0.717, 1.165) is 12.1 Å². The molecule has 0 fully saturated rings. The molecule has 3 rings (SSSR count). The van der Waals surface area contributed by atoms with Gasteiger partial charge in [-0.25, -0.2) is 9.18 Å². The standard InChI is InChI=1S/C18H15FN2O6/c19-12-7-5-11(6-8-12)18(24)26-10-16(22)20-21-17(23)15-9-25-13-3-1-2-4-14(13)27-15/h1-8,15H,9-10H2,(H,20,22)(H,21,23). The third-order valence-corrected chi connectivity index (χ3v) is 3.54. The summed E-state index contributed by atoms with van der Waals surface area (Å²) in [7, 11) is 0. The van der Waals surface area contributed by atoms with Crippen LogP contribution in [0.25, 0.3) is 0 Å². The van der Waals surface area contributed by atoms with E-state index < -0.39 is 36.3 Å². The van der Waals surface area contributed by atoms with Gasteiger partial charge in [0.25, 0.3) is 11.8 Å². The summed E-state index contributed by atoms with van der Waals surface area (Å²) in [5, 5.41) is 0. The van der Waals surface area contributed by atoms with E-state index in [2.05, 4.69) is 10.9 Å². The maximum Gasteiger partial charge on any atom is 0.338 e. The van der Waals surface area contributed by atoms with E-state index in [-0.39, 0.29) is 12.2 Å². The van der Waals surface area contributed by atoms with Gasteiger partial charge in [-0.15, -0.1) is 0 Å². The largest absolute Gasteiger partial charge is 0.485 e. The maximum atomic E-state index is 12.8. The first-order chi connectivity index (χ1) is 13.0. The van der Waals surface area contributed by atoms with Crippen LogP contribution < -0.4 is 20.3 Å². The molecule has 0 saturated carbocycles. The van der Waals surface area contributed by atoms with Gasteiger partial charge in [-0.3, -0.25) is 20.4 Å². The van der Waals surface area contributed by atoms with Gasteiger partial charge in [0.2, 0.25) is 6.10 Å². The van der Waals surface area contributed by atoms with Gasteiger partial charge in [-0.1, -0.05) is 12.1 Å². The van der Waals surface area contributed by atoms with Gasteiger partial charge in [0.1, 0.15) is 12.4 Å². The summed E-state index contributed by atoms with van der Waals surface area (Å²) in [6.45, 7) is -0.639. The van der Waals surface area contributed by atoms with Gasteiger partial charge in [0.15, 0.2) is 18.1 Å². The van der Waals surface area contributed by atoms with Gasteiger partial charge >= 0.3 is 5.97 Å². The molecule has 0 spiro atoms. The number of benzene rings is 2. The van der Waals surface area contributed by atoms with Gasteiger partial charge in [0.05, 0.1) is 5.56 Å². The molecule has 1 heterocycles. The molecule has 0 radical (unpaired) electrons. The molecule has 2 aromatic carbocycles. The Morgan fingerprint density at radius 3 is 2.48 bits per heavy atom. The van der Waals surface area contributed by atoms with Crippen LogP contribution in [0, 0.1) is 5.82 Å². The van der Waals surface area contributed by atoms with Crippen LogP contribution in [0.15, 0.2) is 48.5 Å². The van der Waals surface area contributed by atoms with Gasteiger partial charge < -0.3 is 14.2 Å². The van der Waals surface area contributed by atoms with Crippen molar-refractivity contribution in [3.8, 4) is 11.5 Å². The number of para-hydroxylation sites is 2. The zero-order valence-corrected chi connectivity index (χ0v) is 13.9. The first-order valence-corrected chi connectivity index (χ1v) is 7.93. The molecule has 1 aliphatic rings. The molecule has 27 heavy (non-hydrogen) atoms. The fourth-order valence-corrected chi connectivity index (χ4v) is 2.20. The Morgan fingerprint density at radius 1 is 1.04 bits per heavy atom. The number of rotatable bonds is 4. The number of nitrogens with one attached hydrogen (secondary N) is 2. The average Bonchev–Trinajstić information content (AvgIpc) is 2.70. The number of carbonyl (C=O) groups excluding carboxylic acids is 3. The number of hydrazine groups is 1. The summed E-state index contributed by atoms with van der Waals surface area (Å²) >= 11 is 0. The molecule has 1 atom stereocenters. The Kier molecular flexibility index (Phi) is 5.50. The highest BCUT2D eigenvalue weighted by Gasteiger charge is 2.27. The summed E-state index contributed by atoms with van der Waals surface area (Å²) in [5.74, 6) is -1.72. The lowest BCUT2D eigenvalue weighted by atomic mass is 10.2. The smallest absolute Gasteiger partial charge is 0.338 e. The number of hydrogen-bond acceptors (Lipinski definition) is 6. The molecular formula is C18H15FN2O6. The van der Waals surface area contributed by atoms with Crippen molar-refractivity contribution in [3.63, 3.8) is 0 Å². The molecule has 8 nitrogen and oxygen atoms in total. The minimum atomic E-state index is -0.943. The van der Waals surface area contributed by atoms with Gasteiger partial charge in [-0.2, -0.15) is 0 Å². The van der Waals surface area contributed by atoms with Crippen LogP contribution in [0.3, 0.4) is 0 Å². The number of ether oxygens (including phenoxy) is 3. The van der Waals surface area contributed by atoms with Crippen LogP contribution in [-0.4, -0.2) is 37.1 Å². The summed E-state index contributed by atoms with van der Waals surface area (Å²) in [6, 6.07) is 11.5. The van der Waals surface area contributed by atoms with Crippen LogP contribution >= 0.6 is 0 Å². The van der Waals surface area contributed by atoms with Crippen LogP contribution in [0.1, 0.15) is 10.4 Å². The van der Waals surface area contributed by atoms with E-state index in [1.165, 1.54) is 12.1 Å². The predicted molar refractivity (Wildman–Crippen MR) is 89.3 cm³/mol. The van der Waals surface area contributed by atoms with Crippen LogP contribution in [0.4, 0.5) is 4.39 Å². The Morgan fingerprint density at radius 2 is 1.74 bits per heavy atom. The third-order valence-electron chi connectivity index (χ3n) is 3.54. The second-order valence-corrected chi connectivity index (χ2v) is 5.48. The first-order valence-electron chi connectivity index (χ1n) is 7.93. The molecule has 0 aliphatic carbocycles. The first kappa shape index (κ1) is 18.2. The van der Waals surface area contributed by atoms with Crippen molar-refractivity contribution in [1.29, 1.82) is 0 Å². The SMILES string of the molecule is O=C(COC(=O)c1ccc(F)cc1)NNC(=O)C1COc2ccccc2O1. The van der Waals surface area contributed by atoms with E-state index in [4.69, 9.17) is 14.2 Å². The fraction of sp³-hybridized carbons (Fsp3) is 0.167. The molecule has 1 aliphatic heterocycles. The monoisotopic (exact) mass is 374 g/mol. The van der Waals surface area contributed by atoms with Crippen molar-refractivity contribution in [2.24, 2.45) is 0 Å². The van der Waals surface area contributed by atoms with Crippen molar-refractivity contribution >= 4 is 17.8 Å². The molecule has 0 saturated heterocycles. The van der Waals surface area contributed by atoms with E-state index in [0.29, 0.717) is 11.5 Å². The second-order valence-electron chi connectivity index (χ2n) is 5.48. The van der Waals surface area contributed by atoms with Crippen LogP contribution in [0.2, 0.25) is 0 Å². The summed E-state index contributed by atoms with van der Waals surface area (Å²) in [4.78, 5) is 35.4. The minimum absolute atomic E-state index is 0.0156. The highest BCUT2D eigenvalue weighted by atomic mass is 19.1. The van der Waals surface area contributed by atoms with Crippen molar-refractivity contribution < 1.29 is 33.0 Å².